The normalized spacial score (nSPS) is 42.9. The van der Waals surface area contributed by atoms with Crippen molar-refractivity contribution in [3.8, 4) is 5.75 Å². The number of carbonyl (C=O) groups is 1. The number of rotatable bonds is 4. The van der Waals surface area contributed by atoms with E-state index in [1.54, 1.807) is 0 Å². The Kier molecular flexibility index (Phi) is 4.58. The van der Waals surface area contributed by atoms with Crippen LogP contribution in [0.15, 0.2) is 23.1 Å². The molecule has 0 radical (unpaired) electrons. The van der Waals surface area contributed by atoms with Crippen LogP contribution in [0.2, 0.25) is 0 Å². The van der Waals surface area contributed by atoms with Crippen LogP contribution in [0.4, 0.5) is 0 Å². The number of carbonyl (C=O) groups excluding carboxylic acids is 1. The lowest BCUT2D eigenvalue weighted by atomic mass is 9.49. The molecule has 1 aromatic heterocycles. The van der Waals surface area contributed by atoms with Crippen molar-refractivity contribution in [3.05, 3.63) is 28.7 Å². The maximum Gasteiger partial charge on any atom is 0.317 e. The highest BCUT2D eigenvalue weighted by Crippen LogP contribution is 2.60. The minimum absolute atomic E-state index is 0.179. The Bertz CT molecular complexity index is 830. The van der Waals surface area contributed by atoms with Crippen molar-refractivity contribution in [2.24, 2.45) is 23.2 Å². The van der Waals surface area contributed by atoms with Crippen LogP contribution in [-0.2, 0) is 9.53 Å². The van der Waals surface area contributed by atoms with Crippen molar-refractivity contribution in [2.75, 3.05) is 6.61 Å². The number of hydrogen-bond acceptors (Lipinski definition) is 7. The summed E-state index contributed by atoms with van der Waals surface area (Å²) in [6.07, 6.45) is 3.03. The van der Waals surface area contributed by atoms with Crippen LogP contribution >= 0.6 is 0 Å². The first-order valence-electron chi connectivity index (χ1n) is 10.5. The molecule has 29 heavy (non-hydrogen) atoms. The average molecular weight is 405 g/mol. The molecule has 2 heterocycles. The van der Waals surface area contributed by atoms with E-state index in [0.717, 1.165) is 23.8 Å². The molecule has 5 fully saturated rings. The third kappa shape index (κ3) is 3.13. The molecule has 158 valence electrons. The van der Waals surface area contributed by atoms with Crippen LogP contribution in [0.25, 0.3) is 0 Å². The molecule has 8 heteroatoms. The van der Waals surface area contributed by atoms with Gasteiger partial charge in [0.1, 0.15) is 24.1 Å². The van der Waals surface area contributed by atoms with Crippen LogP contribution in [0.5, 0.6) is 5.75 Å². The summed E-state index contributed by atoms with van der Waals surface area (Å²) in [7, 11) is 0. The van der Waals surface area contributed by atoms with Gasteiger partial charge in [0, 0.05) is 12.3 Å². The zero-order valence-electron chi connectivity index (χ0n) is 16.1. The van der Waals surface area contributed by atoms with E-state index in [4.69, 9.17) is 9.47 Å². The third-order valence-corrected chi connectivity index (χ3v) is 7.39. The maximum absolute atomic E-state index is 13.0. The van der Waals surface area contributed by atoms with Gasteiger partial charge in [-0.15, -0.1) is 0 Å². The number of hydrogen-bond donors (Lipinski definition) is 3. The minimum Gasteiger partial charge on any atom is -0.426 e. The van der Waals surface area contributed by atoms with Gasteiger partial charge in [-0.3, -0.25) is 14.2 Å². The first-order chi connectivity index (χ1) is 13.9. The molecule has 0 spiro atoms. The Morgan fingerprint density at radius 2 is 1.76 bits per heavy atom. The lowest BCUT2D eigenvalue weighted by Crippen LogP contribution is -2.51. The van der Waals surface area contributed by atoms with Gasteiger partial charge in [-0.05, 0) is 62.3 Å². The minimum atomic E-state index is -1.34. The van der Waals surface area contributed by atoms with E-state index in [1.807, 2.05) is 0 Å². The van der Waals surface area contributed by atoms with Gasteiger partial charge in [-0.25, -0.2) is 0 Å². The first-order valence-corrected chi connectivity index (χ1v) is 10.5. The molecule has 8 nitrogen and oxygen atoms in total. The topological polar surface area (TPSA) is 118 Å². The first kappa shape index (κ1) is 19.2. The summed E-state index contributed by atoms with van der Waals surface area (Å²) in [6.45, 7) is -0.468. The van der Waals surface area contributed by atoms with Crippen molar-refractivity contribution in [2.45, 2.75) is 63.1 Å². The lowest BCUT2D eigenvalue weighted by Gasteiger charge is -2.55. The van der Waals surface area contributed by atoms with Crippen molar-refractivity contribution < 1.29 is 29.6 Å². The number of aliphatic hydroxyl groups is 3. The fraction of sp³-hybridized carbons (Fsp3) is 0.714. The van der Waals surface area contributed by atoms with Crippen molar-refractivity contribution in [3.63, 3.8) is 0 Å². The summed E-state index contributed by atoms with van der Waals surface area (Å²) in [5.74, 6) is 1.80. The van der Waals surface area contributed by atoms with Gasteiger partial charge in [0.05, 0.1) is 12.0 Å². The summed E-state index contributed by atoms with van der Waals surface area (Å²) in [4.78, 5) is 25.6. The number of nitrogens with zero attached hydrogens (tertiary/aromatic N) is 1. The zero-order valence-corrected chi connectivity index (χ0v) is 16.1. The Morgan fingerprint density at radius 1 is 1.14 bits per heavy atom. The van der Waals surface area contributed by atoms with Crippen LogP contribution in [0, 0.1) is 23.2 Å². The molecule has 4 saturated carbocycles. The predicted octanol–water partition coefficient (Wildman–Crippen LogP) is 0.582. The molecule has 0 unspecified atom stereocenters. The van der Waals surface area contributed by atoms with Crippen LogP contribution in [0.1, 0.15) is 44.8 Å². The average Bonchev–Trinajstić information content (AvgIpc) is 2.95. The molecule has 5 aliphatic rings. The highest BCUT2D eigenvalue weighted by Gasteiger charge is 2.55. The molecule has 1 aromatic rings. The number of esters is 1. The summed E-state index contributed by atoms with van der Waals surface area (Å²) >= 11 is 0. The van der Waals surface area contributed by atoms with Crippen molar-refractivity contribution >= 4 is 5.97 Å². The van der Waals surface area contributed by atoms with Gasteiger partial charge in [-0.1, -0.05) is 0 Å². The number of aromatic nitrogens is 1. The molecular formula is C21H27NO7. The molecule has 4 aliphatic carbocycles. The fourth-order valence-corrected chi connectivity index (χ4v) is 6.43. The SMILES string of the molecule is O=C(Oc1ccn([C@H]2O[C@@H](CO)[C@@H](O)[C@@H]2O)c(=O)c1)C12CC3CC(CC(C3)C1)C2. The number of aliphatic hydroxyl groups excluding tert-OH is 3. The van der Waals surface area contributed by atoms with Crippen molar-refractivity contribution in [1.29, 1.82) is 0 Å². The zero-order chi connectivity index (χ0) is 20.3. The molecule has 0 amide bonds. The molecule has 1 saturated heterocycles. The van der Waals surface area contributed by atoms with E-state index in [2.05, 4.69) is 0 Å². The van der Waals surface area contributed by atoms with Gasteiger partial charge >= 0.3 is 5.97 Å². The summed E-state index contributed by atoms with van der Waals surface area (Å²) in [5, 5.41) is 29.2. The second kappa shape index (κ2) is 6.91. The van der Waals surface area contributed by atoms with Crippen LogP contribution < -0.4 is 10.3 Å². The summed E-state index contributed by atoms with van der Waals surface area (Å²) in [5.41, 5.74) is -0.928. The Morgan fingerprint density at radius 3 is 2.28 bits per heavy atom. The van der Waals surface area contributed by atoms with E-state index in [-0.39, 0.29) is 11.7 Å². The standard InChI is InChI=1S/C21H27NO7/c23-10-15-17(25)18(26)19(29-15)22-2-1-14(6-16(22)24)28-20(27)21-7-11-3-12(8-21)5-13(4-11)9-21/h1-2,6,11-13,15,17-19,23,25-26H,3-5,7-10H2/t11?,12?,13?,15-,17+,18-,19-,21?/m0/s1. The molecule has 4 bridgehead atoms. The second-order valence-electron chi connectivity index (χ2n) is 9.42. The fourth-order valence-electron chi connectivity index (χ4n) is 6.43. The maximum atomic E-state index is 13.0. The van der Waals surface area contributed by atoms with E-state index < -0.39 is 42.1 Å². The monoisotopic (exact) mass is 405 g/mol. The molecule has 1 aliphatic heterocycles. The van der Waals surface area contributed by atoms with Gasteiger partial charge in [0.15, 0.2) is 6.23 Å². The molecule has 0 aromatic carbocycles. The summed E-state index contributed by atoms with van der Waals surface area (Å²) < 4.78 is 12.2. The highest BCUT2D eigenvalue weighted by atomic mass is 16.6. The third-order valence-electron chi connectivity index (χ3n) is 7.39. The van der Waals surface area contributed by atoms with Gasteiger partial charge in [-0.2, -0.15) is 0 Å². The molecule has 3 N–H and O–H groups in total. The van der Waals surface area contributed by atoms with Crippen molar-refractivity contribution in [1.82, 2.24) is 4.57 Å². The highest BCUT2D eigenvalue weighted by molar-refractivity contribution is 5.79. The largest absolute Gasteiger partial charge is 0.426 e. The summed E-state index contributed by atoms with van der Waals surface area (Å²) in [6, 6.07) is 2.70. The lowest BCUT2D eigenvalue weighted by molar-refractivity contribution is -0.161. The van der Waals surface area contributed by atoms with Gasteiger partial charge in [0.2, 0.25) is 0 Å². The Labute approximate surface area is 168 Å². The Hall–Kier alpha value is -1.74. The number of ether oxygens (including phenoxy) is 2. The van der Waals surface area contributed by atoms with Gasteiger partial charge in [0.25, 0.3) is 5.56 Å². The quantitative estimate of drug-likeness (QED) is 0.627. The van der Waals surface area contributed by atoms with E-state index in [1.165, 1.54) is 37.6 Å². The van der Waals surface area contributed by atoms with Gasteiger partial charge < -0.3 is 24.8 Å². The Balaban J connectivity index is 1.33. The molecule has 6 rings (SSSR count). The van der Waals surface area contributed by atoms with E-state index in [9.17, 15) is 24.9 Å². The van der Waals surface area contributed by atoms with E-state index in [0.29, 0.717) is 17.8 Å². The van der Waals surface area contributed by atoms with Crippen LogP contribution in [-0.4, -0.2) is 50.8 Å². The molecule has 4 atom stereocenters. The number of pyridine rings is 1. The predicted molar refractivity (Wildman–Crippen MR) is 100.0 cm³/mol. The van der Waals surface area contributed by atoms with E-state index >= 15 is 0 Å². The molecular weight excluding hydrogens is 378 g/mol. The second-order valence-corrected chi connectivity index (χ2v) is 9.42. The van der Waals surface area contributed by atoms with Crippen LogP contribution in [0.3, 0.4) is 0 Å². The smallest absolute Gasteiger partial charge is 0.317 e.